The monoisotopic (exact) mass is 280 g/mol. The molecule has 20 heavy (non-hydrogen) atoms. The second-order valence-electron chi connectivity index (χ2n) is 4.42. The maximum atomic E-state index is 13.8. The smallest absolute Gasteiger partial charge is 0.355 e. The molecule has 0 bridgehead atoms. The topological polar surface area (TPSA) is 57.2 Å². The highest BCUT2D eigenvalue weighted by molar-refractivity contribution is 5.89. The minimum atomic E-state index is -3.23. The summed E-state index contributed by atoms with van der Waals surface area (Å²) in [5.74, 6) is -4.06. The molecule has 2 rings (SSSR count). The Kier molecular flexibility index (Phi) is 3.74. The zero-order chi connectivity index (χ0) is 14.8. The number of aryl methyl sites for hydroxylation is 1. The van der Waals surface area contributed by atoms with Crippen LogP contribution in [0.3, 0.4) is 0 Å². The number of nitrogens with two attached hydrogens (primary N) is 1. The summed E-state index contributed by atoms with van der Waals surface area (Å²) < 4.78 is 33.8. The number of benzene rings is 1. The van der Waals surface area contributed by atoms with Crippen LogP contribution in [-0.4, -0.2) is 17.1 Å². The Balaban J connectivity index is 2.05. The highest BCUT2D eigenvalue weighted by Crippen LogP contribution is 2.28. The van der Waals surface area contributed by atoms with Crippen molar-refractivity contribution in [3.8, 4) is 0 Å². The molecule has 2 N–H and O–H groups in total. The van der Waals surface area contributed by atoms with Crippen LogP contribution in [0.5, 0.6) is 0 Å². The number of anilines is 1. The molecule has 6 heteroatoms. The fourth-order valence-corrected chi connectivity index (χ4v) is 1.79. The molecule has 0 radical (unpaired) electrons. The molecular formula is C14H14F2N2O2. The molecule has 0 fully saturated rings. The van der Waals surface area contributed by atoms with Crippen LogP contribution in [0.4, 0.5) is 14.5 Å². The second-order valence-corrected chi connectivity index (χ2v) is 4.42. The van der Waals surface area contributed by atoms with Crippen molar-refractivity contribution in [2.24, 2.45) is 7.05 Å². The standard InChI is InChI=1S/C14H14F2N2O2/c1-18-8-11(17)7-12(18)13(19)20-9-14(15,16)10-5-3-2-4-6-10/h2-8H,9,17H2,1H3. The first-order valence-corrected chi connectivity index (χ1v) is 5.92. The van der Waals surface area contributed by atoms with E-state index >= 15 is 0 Å². The number of carbonyl (C=O) groups excluding carboxylic acids is 1. The minimum Gasteiger partial charge on any atom is -0.454 e. The van der Waals surface area contributed by atoms with Crippen LogP contribution in [0, 0.1) is 0 Å². The highest BCUT2D eigenvalue weighted by Gasteiger charge is 2.33. The van der Waals surface area contributed by atoms with Gasteiger partial charge in [0.1, 0.15) is 5.69 Å². The maximum absolute atomic E-state index is 13.8. The van der Waals surface area contributed by atoms with Gasteiger partial charge in [0, 0.05) is 18.8 Å². The van der Waals surface area contributed by atoms with Gasteiger partial charge in [0.2, 0.25) is 0 Å². The van der Waals surface area contributed by atoms with Gasteiger partial charge in [0.25, 0.3) is 0 Å². The van der Waals surface area contributed by atoms with Gasteiger partial charge in [-0.05, 0) is 6.07 Å². The van der Waals surface area contributed by atoms with E-state index in [-0.39, 0.29) is 11.3 Å². The molecular weight excluding hydrogens is 266 g/mol. The minimum absolute atomic E-state index is 0.131. The molecule has 1 heterocycles. The highest BCUT2D eigenvalue weighted by atomic mass is 19.3. The molecule has 0 saturated heterocycles. The predicted octanol–water partition coefficient (Wildman–Crippen LogP) is 2.56. The van der Waals surface area contributed by atoms with Gasteiger partial charge in [-0.25, -0.2) is 4.79 Å². The van der Waals surface area contributed by atoms with Crippen molar-refractivity contribution in [2.75, 3.05) is 12.3 Å². The van der Waals surface area contributed by atoms with E-state index in [0.29, 0.717) is 5.69 Å². The molecule has 0 saturated carbocycles. The Morgan fingerprint density at radius 3 is 2.55 bits per heavy atom. The van der Waals surface area contributed by atoms with Crippen molar-refractivity contribution >= 4 is 11.7 Å². The molecule has 0 spiro atoms. The summed E-state index contributed by atoms with van der Waals surface area (Å²) in [7, 11) is 1.59. The number of hydrogen-bond donors (Lipinski definition) is 1. The second kappa shape index (κ2) is 5.32. The summed E-state index contributed by atoms with van der Waals surface area (Å²) in [6.07, 6.45) is 1.51. The van der Waals surface area contributed by atoms with Crippen LogP contribution in [-0.2, 0) is 17.7 Å². The van der Waals surface area contributed by atoms with Gasteiger partial charge >= 0.3 is 11.9 Å². The van der Waals surface area contributed by atoms with Crippen LogP contribution in [0.15, 0.2) is 42.6 Å². The molecule has 0 atom stereocenters. The Hall–Kier alpha value is -2.37. The molecule has 1 aromatic carbocycles. The third kappa shape index (κ3) is 2.96. The summed E-state index contributed by atoms with van der Waals surface area (Å²) in [6, 6.07) is 8.59. The van der Waals surface area contributed by atoms with E-state index in [1.165, 1.54) is 41.1 Å². The Morgan fingerprint density at radius 2 is 2.00 bits per heavy atom. The summed E-state index contributed by atoms with van der Waals surface area (Å²) in [4.78, 5) is 11.7. The average Bonchev–Trinajstić information content (AvgIpc) is 2.76. The lowest BCUT2D eigenvalue weighted by Gasteiger charge is -2.16. The van der Waals surface area contributed by atoms with Gasteiger partial charge in [-0.15, -0.1) is 0 Å². The van der Waals surface area contributed by atoms with Gasteiger partial charge in [-0.1, -0.05) is 30.3 Å². The predicted molar refractivity (Wildman–Crippen MR) is 70.4 cm³/mol. The Labute approximate surface area is 114 Å². The molecule has 4 nitrogen and oxygen atoms in total. The maximum Gasteiger partial charge on any atom is 0.355 e. The molecule has 1 aromatic heterocycles. The Bertz CT molecular complexity index is 609. The summed E-state index contributed by atoms with van der Waals surface area (Å²) in [6.45, 7) is -1.01. The van der Waals surface area contributed by atoms with Gasteiger partial charge in [0.15, 0.2) is 6.61 Å². The first-order chi connectivity index (χ1) is 9.40. The number of rotatable bonds is 4. The lowest BCUT2D eigenvalue weighted by atomic mass is 10.1. The van der Waals surface area contributed by atoms with E-state index < -0.39 is 18.5 Å². The van der Waals surface area contributed by atoms with Crippen molar-refractivity contribution < 1.29 is 18.3 Å². The van der Waals surface area contributed by atoms with Crippen LogP contribution in [0.25, 0.3) is 0 Å². The molecule has 0 unspecified atom stereocenters. The lowest BCUT2D eigenvalue weighted by molar-refractivity contribution is -0.0664. The van der Waals surface area contributed by atoms with Crippen LogP contribution in [0.2, 0.25) is 0 Å². The van der Waals surface area contributed by atoms with Gasteiger partial charge < -0.3 is 15.0 Å². The van der Waals surface area contributed by atoms with E-state index in [4.69, 9.17) is 5.73 Å². The number of nitrogen functional groups attached to an aromatic ring is 1. The van der Waals surface area contributed by atoms with Crippen molar-refractivity contribution in [1.82, 2.24) is 4.57 Å². The SMILES string of the molecule is Cn1cc(N)cc1C(=O)OCC(F)(F)c1ccccc1. The van der Waals surface area contributed by atoms with E-state index in [2.05, 4.69) is 4.74 Å². The van der Waals surface area contributed by atoms with Crippen molar-refractivity contribution in [1.29, 1.82) is 0 Å². The fraction of sp³-hybridized carbons (Fsp3) is 0.214. The normalized spacial score (nSPS) is 11.3. The molecule has 2 aromatic rings. The van der Waals surface area contributed by atoms with Gasteiger partial charge in [-0.3, -0.25) is 0 Å². The molecule has 0 aliphatic rings. The summed E-state index contributed by atoms with van der Waals surface area (Å²) >= 11 is 0. The number of carbonyl (C=O) groups is 1. The number of nitrogens with zero attached hydrogens (tertiary/aromatic N) is 1. The first kappa shape index (κ1) is 14.0. The van der Waals surface area contributed by atoms with Crippen LogP contribution >= 0.6 is 0 Å². The third-order valence-corrected chi connectivity index (χ3v) is 2.82. The number of aromatic nitrogens is 1. The summed E-state index contributed by atoms with van der Waals surface area (Å²) in [5, 5.41) is 0. The fourth-order valence-electron chi connectivity index (χ4n) is 1.79. The van der Waals surface area contributed by atoms with Crippen molar-refractivity contribution in [3.63, 3.8) is 0 Å². The number of esters is 1. The molecule has 106 valence electrons. The zero-order valence-electron chi connectivity index (χ0n) is 10.8. The average molecular weight is 280 g/mol. The van der Waals surface area contributed by atoms with E-state index in [1.54, 1.807) is 13.1 Å². The van der Waals surface area contributed by atoms with E-state index in [0.717, 1.165) is 0 Å². The van der Waals surface area contributed by atoms with E-state index in [9.17, 15) is 13.6 Å². The van der Waals surface area contributed by atoms with E-state index in [1.807, 2.05) is 0 Å². The quantitative estimate of drug-likeness (QED) is 0.876. The van der Waals surface area contributed by atoms with Crippen LogP contribution < -0.4 is 5.73 Å². The first-order valence-electron chi connectivity index (χ1n) is 5.92. The number of hydrogen-bond acceptors (Lipinski definition) is 3. The number of ether oxygens (including phenoxy) is 1. The zero-order valence-corrected chi connectivity index (χ0v) is 10.8. The Morgan fingerprint density at radius 1 is 1.35 bits per heavy atom. The number of alkyl halides is 2. The molecule has 0 aliphatic heterocycles. The van der Waals surface area contributed by atoms with Crippen molar-refractivity contribution in [3.05, 3.63) is 53.9 Å². The van der Waals surface area contributed by atoms with Crippen LogP contribution in [0.1, 0.15) is 16.1 Å². The third-order valence-electron chi connectivity index (χ3n) is 2.82. The molecule has 0 amide bonds. The van der Waals surface area contributed by atoms with Gasteiger partial charge in [0.05, 0.1) is 5.69 Å². The largest absolute Gasteiger partial charge is 0.454 e. The number of halogens is 2. The van der Waals surface area contributed by atoms with Crippen molar-refractivity contribution in [2.45, 2.75) is 5.92 Å². The molecule has 0 aliphatic carbocycles. The summed E-state index contributed by atoms with van der Waals surface area (Å²) in [5.41, 5.74) is 5.82. The lowest BCUT2D eigenvalue weighted by Crippen LogP contribution is -2.24. The van der Waals surface area contributed by atoms with Gasteiger partial charge in [-0.2, -0.15) is 8.78 Å².